The predicted molar refractivity (Wildman–Crippen MR) is 145 cm³/mol. The van der Waals surface area contributed by atoms with Gasteiger partial charge in [-0.15, -0.1) is 24.8 Å². The number of piperazine rings is 1. The van der Waals surface area contributed by atoms with E-state index in [1.54, 1.807) is 23.2 Å². The fraction of sp³-hybridized carbons (Fsp3) is 0.346. The van der Waals surface area contributed by atoms with Gasteiger partial charge in [-0.25, -0.2) is 9.37 Å². The van der Waals surface area contributed by atoms with Crippen molar-refractivity contribution < 1.29 is 4.39 Å². The highest BCUT2D eigenvalue weighted by Gasteiger charge is 2.18. The summed E-state index contributed by atoms with van der Waals surface area (Å²) in [5.74, 6) is -0.154. The number of aromatic nitrogens is 3. The van der Waals surface area contributed by atoms with E-state index < -0.39 is 0 Å². The van der Waals surface area contributed by atoms with Gasteiger partial charge in [-0.3, -0.25) is 19.2 Å². The molecule has 0 unspecified atom stereocenters. The number of benzene rings is 2. The van der Waals surface area contributed by atoms with Crippen LogP contribution in [0.2, 0.25) is 0 Å². The first-order valence-electron chi connectivity index (χ1n) is 11.6. The zero-order valence-corrected chi connectivity index (χ0v) is 21.3. The van der Waals surface area contributed by atoms with Gasteiger partial charge in [0.05, 0.1) is 28.4 Å². The fourth-order valence-corrected chi connectivity index (χ4v) is 4.62. The molecule has 0 atom stereocenters. The molecule has 0 amide bonds. The van der Waals surface area contributed by atoms with Gasteiger partial charge in [0.1, 0.15) is 5.82 Å². The van der Waals surface area contributed by atoms with Crippen LogP contribution in [0.3, 0.4) is 0 Å². The number of aryl methyl sites for hydroxylation is 2. The van der Waals surface area contributed by atoms with Crippen molar-refractivity contribution >= 4 is 52.3 Å². The molecular formula is C26H30Cl2FN5O. The summed E-state index contributed by atoms with van der Waals surface area (Å²) in [6, 6.07) is 13.0. The molecule has 0 spiro atoms. The first kappa shape index (κ1) is 26.9. The molecule has 0 bridgehead atoms. The lowest BCUT2D eigenvalue weighted by molar-refractivity contribution is 0.250. The Balaban J connectivity index is 0.00000171. The van der Waals surface area contributed by atoms with Crippen LogP contribution in [0, 0.1) is 12.7 Å². The minimum Gasteiger partial charge on any atom is -0.367 e. The van der Waals surface area contributed by atoms with Gasteiger partial charge >= 0.3 is 0 Å². The lowest BCUT2D eigenvalue weighted by Gasteiger charge is -2.36. The van der Waals surface area contributed by atoms with Crippen LogP contribution in [0.15, 0.2) is 59.8 Å². The lowest BCUT2D eigenvalue weighted by atomic mass is 10.1. The van der Waals surface area contributed by atoms with E-state index in [1.807, 2.05) is 37.3 Å². The summed E-state index contributed by atoms with van der Waals surface area (Å²) in [7, 11) is 0. The van der Waals surface area contributed by atoms with E-state index in [4.69, 9.17) is 0 Å². The van der Waals surface area contributed by atoms with Crippen molar-refractivity contribution in [3.63, 3.8) is 0 Å². The third kappa shape index (κ3) is 5.74. The maximum atomic E-state index is 14.0. The molecule has 0 radical (unpaired) electrons. The Labute approximate surface area is 216 Å². The number of hydrogen-bond donors (Lipinski definition) is 0. The van der Waals surface area contributed by atoms with Gasteiger partial charge in [0.15, 0.2) is 0 Å². The van der Waals surface area contributed by atoms with Crippen molar-refractivity contribution in [3.05, 3.63) is 76.7 Å². The molecular weight excluding hydrogens is 488 g/mol. The zero-order chi connectivity index (χ0) is 22.8. The number of anilines is 1. The molecule has 0 saturated carbocycles. The minimum absolute atomic E-state index is 0. The molecule has 1 fully saturated rings. The Kier molecular flexibility index (Phi) is 9.05. The second-order valence-electron chi connectivity index (χ2n) is 8.77. The molecule has 1 saturated heterocycles. The summed E-state index contributed by atoms with van der Waals surface area (Å²) in [5, 5.41) is 1.48. The van der Waals surface area contributed by atoms with Gasteiger partial charge in [0.25, 0.3) is 5.56 Å². The Morgan fingerprint density at radius 1 is 0.914 bits per heavy atom. The fourth-order valence-electron chi connectivity index (χ4n) is 4.62. The molecule has 0 N–H and O–H groups in total. The zero-order valence-electron chi connectivity index (χ0n) is 19.7. The number of rotatable bonds is 6. The molecule has 1 aliphatic rings. The normalized spacial score (nSPS) is 14.1. The number of fused-ring (bicyclic) bond motifs is 3. The number of unbranched alkanes of at least 4 members (excludes halogenated alkanes) is 1. The molecule has 0 aliphatic carbocycles. The Bertz CT molecular complexity index is 1350. The van der Waals surface area contributed by atoms with Gasteiger partial charge in [-0.05, 0) is 50.1 Å². The van der Waals surface area contributed by atoms with Crippen molar-refractivity contribution in [2.75, 3.05) is 37.6 Å². The van der Waals surface area contributed by atoms with E-state index in [0.29, 0.717) is 23.1 Å². The van der Waals surface area contributed by atoms with Crippen LogP contribution in [-0.4, -0.2) is 52.2 Å². The first-order chi connectivity index (χ1) is 16.1. The Hall–Kier alpha value is -2.74. The molecule has 186 valence electrons. The molecule has 4 aromatic rings. The van der Waals surface area contributed by atoms with Crippen LogP contribution in [0.1, 0.15) is 18.4 Å². The number of pyridine rings is 1. The smallest absolute Gasteiger partial charge is 0.262 e. The van der Waals surface area contributed by atoms with Crippen LogP contribution in [0.4, 0.5) is 10.1 Å². The lowest BCUT2D eigenvalue weighted by Crippen LogP contribution is -2.46. The average Bonchev–Trinajstić information content (AvgIpc) is 2.83. The van der Waals surface area contributed by atoms with Gasteiger partial charge in [0, 0.05) is 44.3 Å². The summed E-state index contributed by atoms with van der Waals surface area (Å²) >= 11 is 0. The van der Waals surface area contributed by atoms with Crippen LogP contribution in [0.25, 0.3) is 21.8 Å². The average molecular weight is 518 g/mol. The number of nitrogens with zero attached hydrogens (tertiary/aromatic N) is 5. The van der Waals surface area contributed by atoms with Crippen molar-refractivity contribution in [2.45, 2.75) is 26.3 Å². The van der Waals surface area contributed by atoms with Crippen molar-refractivity contribution in [2.24, 2.45) is 0 Å². The third-order valence-corrected chi connectivity index (χ3v) is 6.50. The molecule has 5 rings (SSSR count). The SMILES string of the molecule is Cc1ccc2c(c1)ncc1c(=O)n(CCCCN3CCN(c4ccccc4F)CC3)cnc12.Cl.Cl. The second kappa shape index (κ2) is 11.8. The van der Waals surface area contributed by atoms with E-state index in [0.717, 1.165) is 62.0 Å². The molecule has 2 aromatic heterocycles. The van der Waals surface area contributed by atoms with E-state index in [1.165, 1.54) is 6.07 Å². The monoisotopic (exact) mass is 517 g/mol. The highest BCUT2D eigenvalue weighted by Crippen LogP contribution is 2.21. The third-order valence-electron chi connectivity index (χ3n) is 6.50. The summed E-state index contributed by atoms with van der Waals surface area (Å²) in [6.45, 7) is 7.15. The van der Waals surface area contributed by atoms with Crippen molar-refractivity contribution in [1.82, 2.24) is 19.4 Å². The predicted octanol–water partition coefficient (Wildman–Crippen LogP) is 4.84. The highest BCUT2D eigenvalue weighted by atomic mass is 35.5. The van der Waals surface area contributed by atoms with Crippen LogP contribution in [0.5, 0.6) is 0 Å². The van der Waals surface area contributed by atoms with Crippen LogP contribution in [-0.2, 0) is 6.54 Å². The van der Waals surface area contributed by atoms with Gasteiger partial charge < -0.3 is 4.90 Å². The van der Waals surface area contributed by atoms with Gasteiger partial charge in [-0.2, -0.15) is 0 Å². The molecule has 2 aromatic carbocycles. The summed E-state index contributed by atoms with van der Waals surface area (Å²) in [6.07, 6.45) is 5.22. The second-order valence-corrected chi connectivity index (χ2v) is 8.77. The molecule has 3 heterocycles. The molecule has 35 heavy (non-hydrogen) atoms. The topological polar surface area (TPSA) is 54.3 Å². The number of para-hydroxylation sites is 1. The van der Waals surface area contributed by atoms with E-state index in [9.17, 15) is 9.18 Å². The summed E-state index contributed by atoms with van der Waals surface area (Å²) < 4.78 is 15.7. The van der Waals surface area contributed by atoms with Crippen LogP contribution >= 0.6 is 24.8 Å². The van der Waals surface area contributed by atoms with E-state index in [2.05, 4.69) is 19.8 Å². The number of halogens is 3. The maximum Gasteiger partial charge on any atom is 0.262 e. The number of hydrogen-bond acceptors (Lipinski definition) is 5. The van der Waals surface area contributed by atoms with Gasteiger partial charge in [0.2, 0.25) is 0 Å². The van der Waals surface area contributed by atoms with Crippen molar-refractivity contribution in [1.29, 1.82) is 0 Å². The maximum absolute atomic E-state index is 14.0. The summed E-state index contributed by atoms with van der Waals surface area (Å²) in [4.78, 5) is 26.6. The Morgan fingerprint density at radius 2 is 1.66 bits per heavy atom. The van der Waals surface area contributed by atoms with Crippen molar-refractivity contribution in [3.8, 4) is 0 Å². The minimum atomic E-state index is -0.154. The van der Waals surface area contributed by atoms with E-state index in [-0.39, 0.29) is 36.2 Å². The van der Waals surface area contributed by atoms with E-state index >= 15 is 0 Å². The highest BCUT2D eigenvalue weighted by molar-refractivity contribution is 6.02. The first-order valence-corrected chi connectivity index (χ1v) is 11.6. The van der Waals surface area contributed by atoms with Crippen LogP contribution < -0.4 is 10.5 Å². The standard InChI is InChI=1S/C26H28FN5O.2ClH/c1-19-8-9-20-23(16-19)28-17-21-25(20)29-18-32(26(21)33)11-5-4-10-30-12-14-31(15-13-30)24-7-3-2-6-22(24)27;;/h2-3,6-9,16-18H,4-5,10-15H2,1H3;2*1H. The molecule has 6 nitrogen and oxygen atoms in total. The van der Waals surface area contributed by atoms with Gasteiger partial charge in [-0.1, -0.05) is 24.3 Å². The quantitative estimate of drug-likeness (QED) is 0.270. The molecule has 1 aliphatic heterocycles. The largest absolute Gasteiger partial charge is 0.367 e. The summed E-state index contributed by atoms with van der Waals surface area (Å²) in [5.41, 5.74) is 3.37. The molecule has 9 heteroatoms. The Morgan fingerprint density at radius 3 is 2.43 bits per heavy atom.